The van der Waals surface area contributed by atoms with E-state index in [1.54, 1.807) is 30.5 Å². The lowest BCUT2D eigenvalue weighted by molar-refractivity contribution is 0.0347. The molecule has 1 amide bonds. The fourth-order valence-electron chi connectivity index (χ4n) is 4.16. The second-order valence-corrected chi connectivity index (χ2v) is 7.05. The Balaban J connectivity index is 1.44. The summed E-state index contributed by atoms with van der Waals surface area (Å²) in [6.45, 7) is 0. The summed E-state index contributed by atoms with van der Waals surface area (Å²) in [6, 6.07) is 12.7. The molecule has 0 spiro atoms. The van der Waals surface area contributed by atoms with Crippen LogP contribution in [0.5, 0.6) is 5.88 Å². The Morgan fingerprint density at radius 1 is 1.00 bits per heavy atom. The molecule has 27 heavy (non-hydrogen) atoms. The van der Waals surface area contributed by atoms with Crippen LogP contribution in [0.1, 0.15) is 46.4 Å². The van der Waals surface area contributed by atoms with E-state index >= 15 is 0 Å². The number of nitrogens with zero attached hydrogens (tertiary/aromatic N) is 2. The zero-order valence-electron chi connectivity index (χ0n) is 15.2. The minimum atomic E-state index is -0.401. The molecule has 2 unspecified atom stereocenters. The molecule has 2 aliphatic heterocycles. The van der Waals surface area contributed by atoms with Crippen LogP contribution in [0, 0.1) is 0 Å². The van der Waals surface area contributed by atoms with Crippen LogP contribution in [0.15, 0.2) is 48.7 Å². The van der Waals surface area contributed by atoms with Gasteiger partial charge >= 0.3 is 5.97 Å². The van der Waals surface area contributed by atoms with Gasteiger partial charge in [-0.05, 0) is 43.2 Å². The Morgan fingerprint density at radius 2 is 1.67 bits per heavy atom. The molecule has 2 aromatic rings. The van der Waals surface area contributed by atoms with Crippen LogP contribution in [0.25, 0.3) is 0 Å². The molecule has 2 fully saturated rings. The zero-order valence-corrected chi connectivity index (χ0v) is 15.2. The van der Waals surface area contributed by atoms with Crippen LogP contribution in [0.3, 0.4) is 0 Å². The van der Waals surface area contributed by atoms with Gasteiger partial charge in [0.1, 0.15) is 6.10 Å². The van der Waals surface area contributed by atoms with Gasteiger partial charge in [0.05, 0.1) is 12.7 Å². The normalized spacial score (nSPS) is 23.7. The number of benzene rings is 1. The molecule has 0 N–H and O–H groups in total. The molecule has 2 aliphatic rings. The third-order valence-electron chi connectivity index (χ3n) is 5.40. The predicted octanol–water partition coefficient (Wildman–Crippen LogP) is 3.08. The van der Waals surface area contributed by atoms with E-state index in [4.69, 9.17) is 9.47 Å². The van der Waals surface area contributed by atoms with Gasteiger partial charge in [-0.15, -0.1) is 0 Å². The van der Waals surface area contributed by atoms with Gasteiger partial charge in [-0.25, -0.2) is 9.78 Å². The SMILES string of the molecule is COC(=O)c1ccc(C(=O)N2C3CCC2CC(Oc2ccccn2)C3)cc1. The average molecular weight is 366 g/mol. The standard InChI is InChI=1S/C21H22N2O4/c1-26-21(25)15-7-5-14(6-8-15)20(24)23-16-9-10-17(23)13-18(12-16)27-19-4-2-3-11-22-19/h2-8,11,16-18H,9-10,12-13H2,1H3. The van der Waals surface area contributed by atoms with Crippen LogP contribution < -0.4 is 4.74 Å². The first-order valence-corrected chi connectivity index (χ1v) is 9.24. The first-order chi connectivity index (χ1) is 13.2. The van der Waals surface area contributed by atoms with Crippen molar-refractivity contribution < 1.29 is 19.1 Å². The number of carbonyl (C=O) groups is 2. The maximum absolute atomic E-state index is 13.0. The Kier molecular flexibility index (Phi) is 4.79. The first-order valence-electron chi connectivity index (χ1n) is 9.24. The summed E-state index contributed by atoms with van der Waals surface area (Å²) < 4.78 is 10.7. The van der Waals surface area contributed by atoms with E-state index in [9.17, 15) is 9.59 Å². The number of hydrogen-bond donors (Lipinski definition) is 0. The fraction of sp³-hybridized carbons (Fsp3) is 0.381. The van der Waals surface area contributed by atoms with Crippen LogP contribution in [-0.2, 0) is 4.74 Å². The smallest absolute Gasteiger partial charge is 0.337 e. The second kappa shape index (κ2) is 7.39. The molecular weight excluding hydrogens is 344 g/mol. The molecule has 1 aromatic heterocycles. The number of amides is 1. The molecule has 6 nitrogen and oxygen atoms in total. The molecule has 1 aromatic carbocycles. The number of esters is 1. The van der Waals surface area contributed by atoms with E-state index in [-0.39, 0.29) is 24.1 Å². The minimum Gasteiger partial charge on any atom is -0.474 e. The van der Waals surface area contributed by atoms with Crippen molar-refractivity contribution in [3.05, 3.63) is 59.8 Å². The Hall–Kier alpha value is -2.89. The van der Waals surface area contributed by atoms with Crippen molar-refractivity contribution in [3.63, 3.8) is 0 Å². The second-order valence-electron chi connectivity index (χ2n) is 7.05. The number of methoxy groups -OCH3 is 1. The summed E-state index contributed by atoms with van der Waals surface area (Å²) in [4.78, 5) is 30.8. The van der Waals surface area contributed by atoms with E-state index in [1.165, 1.54) is 7.11 Å². The molecular formula is C21H22N2O4. The highest BCUT2D eigenvalue weighted by molar-refractivity contribution is 5.96. The lowest BCUT2D eigenvalue weighted by Gasteiger charge is -2.38. The van der Waals surface area contributed by atoms with Gasteiger partial charge < -0.3 is 14.4 Å². The van der Waals surface area contributed by atoms with Crippen molar-refractivity contribution in [1.82, 2.24) is 9.88 Å². The molecule has 2 saturated heterocycles. The van der Waals surface area contributed by atoms with Gasteiger partial charge in [0, 0.05) is 42.8 Å². The van der Waals surface area contributed by atoms with Crippen molar-refractivity contribution in [2.75, 3.05) is 7.11 Å². The molecule has 3 heterocycles. The third-order valence-corrected chi connectivity index (χ3v) is 5.40. The highest BCUT2D eigenvalue weighted by Gasteiger charge is 2.44. The Labute approximate surface area is 158 Å². The van der Waals surface area contributed by atoms with Crippen molar-refractivity contribution in [2.45, 2.75) is 43.9 Å². The summed E-state index contributed by atoms with van der Waals surface area (Å²) >= 11 is 0. The van der Waals surface area contributed by atoms with Crippen LogP contribution in [-0.4, -0.2) is 47.1 Å². The number of fused-ring (bicyclic) bond motifs is 2. The van der Waals surface area contributed by atoms with E-state index in [0.717, 1.165) is 25.7 Å². The van der Waals surface area contributed by atoms with E-state index in [1.807, 2.05) is 23.1 Å². The van der Waals surface area contributed by atoms with E-state index in [2.05, 4.69) is 4.98 Å². The quantitative estimate of drug-likeness (QED) is 0.778. The van der Waals surface area contributed by atoms with Crippen LogP contribution in [0.2, 0.25) is 0 Å². The summed E-state index contributed by atoms with van der Waals surface area (Å²) in [5, 5.41) is 0. The number of ether oxygens (including phenoxy) is 2. The molecule has 140 valence electrons. The highest BCUT2D eigenvalue weighted by Crippen LogP contribution is 2.38. The van der Waals surface area contributed by atoms with Crippen molar-refractivity contribution in [1.29, 1.82) is 0 Å². The Bertz CT molecular complexity index is 808. The Morgan fingerprint density at radius 3 is 2.26 bits per heavy atom. The van der Waals surface area contributed by atoms with E-state index in [0.29, 0.717) is 17.0 Å². The predicted molar refractivity (Wildman–Crippen MR) is 98.6 cm³/mol. The number of pyridine rings is 1. The van der Waals surface area contributed by atoms with Crippen molar-refractivity contribution in [2.24, 2.45) is 0 Å². The molecule has 6 heteroatoms. The van der Waals surface area contributed by atoms with Crippen LogP contribution >= 0.6 is 0 Å². The summed E-state index contributed by atoms with van der Waals surface area (Å²) in [7, 11) is 1.34. The summed E-state index contributed by atoms with van der Waals surface area (Å²) in [5.41, 5.74) is 1.04. The lowest BCUT2D eigenvalue weighted by Crippen LogP contribution is -2.49. The lowest BCUT2D eigenvalue weighted by atomic mass is 9.98. The van der Waals surface area contributed by atoms with Gasteiger partial charge in [0.15, 0.2) is 0 Å². The number of piperidine rings is 1. The number of aromatic nitrogens is 1. The molecule has 0 saturated carbocycles. The number of carbonyl (C=O) groups excluding carboxylic acids is 2. The summed E-state index contributed by atoms with van der Waals surface area (Å²) in [5.74, 6) is 0.261. The van der Waals surface area contributed by atoms with Crippen molar-refractivity contribution >= 4 is 11.9 Å². The largest absolute Gasteiger partial charge is 0.474 e. The highest BCUT2D eigenvalue weighted by atomic mass is 16.5. The molecule has 0 radical (unpaired) electrons. The molecule has 4 rings (SSSR count). The fourth-order valence-corrected chi connectivity index (χ4v) is 4.16. The molecule has 0 aliphatic carbocycles. The monoisotopic (exact) mass is 366 g/mol. The van der Waals surface area contributed by atoms with Gasteiger partial charge in [-0.1, -0.05) is 6.07 Å². The number of hydrogen-bond acceptors (Lipinski definition) is 5. The topological polar surface area (TPSA) is 68.7 Å². The minimum absolute atomic E-state index is 0.0233. The van der Waals surface area contributed by atoms with Gasteiger partial charge in [-0.3, -0.25) is 4.79 Å². The van der Waals surface area contributed by atoms with Crippen LogP contribution in [0.4, 0.5) is 0 Å². The van der Waals surface area contributed by atoms with Gasteiger partial charge in [0.25, 0.3) is 5.91 Å². The first kappa shape index (κ1) is 17.5. The van der Waals surface area contributed by atoms with E-state index < -0.39 is 5.97 Å². The van der Waals surface area contributed by atoms with Gasteiger partial charge in [-0.2, -0.15) is 0 Å². The number of rotatable bonds is 4. The third kappa shape index (κ3) is 3.52. The zero-order chi connectivity index (χ0) is 18.8. The van der Waals surface area contributed by atoms with Crippen molar-refractivity contribution in [3.8, 4) is 5.88 Å². The molecule has 2 bridgehead atoms. The average Bonchev–Trinajstić information content (AvgIpc) is 2.98. The summed E-state index contributed by atoms with van der Waals surface area (Å²) in [6.07, 6.45) is 5.44. The van der Waals surface area contributed by atoms with Gasteiger partial charge in [0.2, 0.25) is 5.88 Å². The maximum Gasteiger partial charge on any atom is 0.337 e. The maximum atomic E-state index is 13.0. The molecule has 2 atom stereocenters.